The second-order valence-electron chi connectivity index (χ2n) is 8.93. The Hall–Kier alpha value is -1.85. The molecule has 1 aromatic heterocycles. The Bertz CT molecular complexity index is 713. The van der Waals surface area contributed by atoms with Crippen molar-refractivity contribution in [3.63, 3.8) is 0 Å². The van der Waals surface area contributed by atoms with Crippen molar-refractivity contribution in [2.45, 2.75) is 58.4 Å². The third-order valence-corrected chi connectivity index (χ3v) is 6.77. The number of hydrogen-bond donors (Lipinski definition) is 1. The number of carbonyl (C=O) groups is 2. The van der Waals surface area contributed by atoms with Gasteiger partial charge in [-0.1, -0.05) is 0 Å². The van der Waals surface area contributed by atoms with Gasteiger partial charge in [-0.3, -0.25) is 14.3 Å². The molecule has 3 aliphatic rings. The molecular formula is C20H30N4O2. The van der Waals surface area contributed by atoms with Crippen LogP contribution >= 0.6 is 0 Å². The highest BCUT2D eigenvalue weighted by atomic mass is 16.2. The predicted octanol–water partition coefficient (Wildman–Crippen LogP) is 2.28. The van der Waals surface area contributed by atoms with Crippen molar-refractivity contribution in [1.29, 1.82) is 0 Å². The summed E-state index contributed by atoms with van der Waals surface area (Å²) >= 11 is 0. The SMILES string of the molecule is Cc1nn(C)cc1C(=O)NC(C)C1CCN(C(=O)CC2CC3(CC3)C2)C1. The van der Waals surface area contributed by atoms with Gasteiger partial charge in [0.15, 0.2) is 0 Å². The molecule has 2 heterocycles. The van der Waals surface area contributed by atoms with Crippen LogP contribution in [0.25, 0.3) is 0 Å². The van der Waals surface area contributed by atoms with E-state index in [4.69, 9.17) is 0 Å². The van der Waals surface area contributed by atoms with Crippen molar-refractivity contribution in [3.8, 4) is 0 Å². The average Bonchev–Trinajstić information content (AvgIpc) is 3.04. The number of nitrogens with zero attached hydrogens (tertiary/aromatic N) is 3. The molecule has 6 heteroatoms. The monoisotopic (exact) mass is 358 g/mol. The van der Waals surface area contributed by atoms with Gasteiger partial charge >= 0.3 is 0 Å². The Kier molecular flexibility index (Phi) is 4.32. The van der Waals surface area contributed by atoms with E-state index in [1.54, 1.807) is 10.9 Å². The highest BCUT2D eigenvalue weighted by Gasteiger charge is 2.53. The lowest BCUT2D eigenvalue weighted by molar-refractivity contribution is -0.132. The van der Waals surface area contributed by atoms with Crippen LogP contribution in [0.15, 0.2) is 6.20 Å². The van der Waals surface area contributed by atoms with Gasteiger partial charge in [0.1, 0.15) is 0 Å². The van der Waals surface area contributed by atoms with E-state index >= 15 is 0 Å². The fourth-order valence-corrected chi connectivity index (χ4v) is 4.92. The molecule has 2 unspecified atom stereocenters. The summed E-state index contributed by atoms with van der Waals surface area (Å²) in [7, 11) is 1.82. The maximum Gasteiger partial charge on any atom is 0.254 e. The molecule has 3 fully saturated rings. The fourth-order valence-electron chi connectivity index (χ4n) is 4.92. The molecule has 2 atom stereocenters. The highest BCUT2D eigenvalue weighted by molar-refractivity contribution is 5.95. The number of nitrogens with one attached hydrogen (secondary N) is 1. The first kappa shape index (κ1) is 17.6. The van der Waals surface area contributed by atoms with Crippen molar-refractivity contribution in [3.05, 3.63) is 17.5 Å². The van der Waals surface area contributed by atoms with Crippen LogP contribution in [0, 0.1) is 24.2 Å². The van der Waals surface area contributed by atoms with Crippen LogP contribution in [-0.4, -0.2) is 45.6 Å². The van der Waals surface area contributed by atoms with Gasteiger partial charge in [-0.05, 0) is 63.2 Å². The van der Waals surface area contributed by atoms with E-state index in [1.165, 1.54) is 25.7 Å². The minimum absolute atomic E-state index is 0.0540. The summed E-state index contributed by atoms with van der Waals surface area (Å²) in [6, 6.07) is 0.0540. The predicted molar refractivity (Wildman–Crippen MR) is 98.6 cm³/mol. The molecule has 142 valence electrons. The molecule has 4 rings (SSSR count). The second-order valence-corrected chi connectivity index (χ2v) is 8.93. The Morgan fingerprint density at radius 2 is 2.12 bits per heavy atom. The molecule has 2 aliphatic carbocycles. The van der Waals surface area contributed by atoms with E-state index in [1.807, 2.05) is 25.8 Å². The Labute approximate surface area is 155 Å². The van der Waals surface area contributed by atoms with Crippen LogP contribution in [0.1, 0.15) is 61.5 Å². The minimum Gasteiger partial charge on any atom is -0.349 e. The zero-order valence-electron chi connectivity index (χ0n) is 16.1. The molecule has 1 aromatic rings. The van der Waals surface area contributed by atoms with E-state index < -0.39 is 0 Å². The van der Waals surface area contributed by atoms with Crippen molar-refractivity contribution in [2.24, 2.45) is 24.3 Å². The standard InChI is InChI=1S/C20H30N4O2/c1-13(21-19(26)17-12-23(3)22-14(17)2)16-4-7-24(11-16)18(25)8-15-9-20(10-15)5-6-20/h12-13,15-16H,4-11H2,1-3H3,(H,21,26). The van der Waals surface area contributed by atoms with Gasteiger partial charge < -0.3 is 10.2 Å². The number of aromatic nitrogens is 2. The highest BCUT2D eigenvalue weighted by Crippen LogP contribution is 2.64. The normalized spacial score (nSPS) is 25.2. The lowest BCUT2D eigenvalue weighted by Gasteiger charge is -2.36. The first-order valence-corrected chi connectivity index (χ1v) is 9.94. The van der Waals surface area contributed by atoms with Crippen molar-refractivity contribution in [2.75, 3.05) is 13.1 Å². The van der Waals surface area contributed by atoms with Crippen LogP contribution in [0.2, 0.25) is 0 Å². The Morgan fingerprint density at radius 3 is 2.73 bits per heavy atom. The molecule has 2 amide bonds. The molecule has 26 heavy (non-hydrogen) atoms. The lowest BCUT2D eigenvalue weighted by Crippen LogP contribution is -2.40. The Balaban J connectivity index is 1.25. The molecule has 1 saturated heterocycles. The molecule has 0 aromatic carbocycles. The van der Waals surface area contributed by atoms with Gasteiger partial charge in [-0.25, -0.2) is 0 Å². The lowest BCUT2D eigenvalue weighted by atomic mass is 9.70. The fraction of sp³-hybridized carbons (Fsp3) is 0.750. The van der Waals surface area contributed by atoms with E-state index in [-0.39, 0.29) is 11.9 Å². The van der Waals surface area contributed by atoms with Gasteiger partial charge in [0.05, 0.1) is 11.3 Å². The van der Waals surface area contributed by atoms with Crippen LogP contribution in [0.5, 0.6) is 0 Å². The van der Waals surface area contributed by atoms with E-state index in [0.717, 1.165) is 31.6 Å². The first-order chi connectivity index (χ1) is 12.3. The first-order valence-electron chi connectivity index (χ1n) is 9.94. The van der Waals surface area contributed by atoms with E-state index in [9.17, 15) is 9.59 Å². The topological polar surface area (TPSA) is 67.2 Å². The number of amides is 2. The largest absolute Gasteiger partial charge is 0.349 e. The third-order valence-electron chi connectivity index (χ3n) is 6.77. The van der Waals surface area contributed by atoms with Crippen molar-refractivity contribution in [1.82, 2.24) is 20.0 Å². The van der Waals surface area contributed by atoms with Crippen LogP contribution in [0.3, 0.4) is 0 Å². The third kappa shape index (κ3) is 3.38. The number of carbonyl (C=O) groups excluding carboxylic acids is 2. The number of hydrogen-bond acceptors (Lipinski definition) is 3. The molecule has 0 bridgehead atoms. The molecule has 6 nitrogen and oxygen atoms in total. The average molecular weight is 358 g/mol. The summed E-state index contributed by atoms with van der Waals surface area (Å²) in [5, 5.41) is 7.33. The number of aryl methyl sites for hydroxylation is 2. The van der Waals surface area contributed by atoms with Gasteiger partial charge in [0.2, 0.25) is 5.91 Å². The number of rotatable bonds is 5. The van der Waals surface area contributed by atoms with Gasteiger partial charge in [0, 0.05) is 38.8 Å². The van der Waals surface area contributed by atoms with Crippen LogP contribution in [-0.2, 0) is 11.8 Å². The second kappa shape index (κ2) is 6.39. The summed E-state index contributed by atoms with van der Waals surface area (Å²) in [5.74, 6) is 1.19. The minimum atomic E-state index is -0.0722. The summed E-state index contributed by atoms with van der Waals surface area (Å²) in [6.45, 7) is 5.49. The maximum absolute atomic E-state index is 12.6. The summed E-state index contributed by atoms with van der Waals surface area (Å²) in [4.78, 5) is 27.1. The van der Waals surface area contributed by atoms with Crippen LogP contribution < -0.4 is 5.32 Å². The molecule has 2 saturated carbocycles. The van der Waals surface area contributed by atoms with Gasteiger partial charge in [-0.2, -0.15) is 5.10 Å². The van der Waals surface area contributed by atoms with Gasteiger partial charge in [-0.15, -0.1) is 0 Å². The summed E-state index contributed by atoms with van der Waals surface area (Å²) in [6.07, 6.45) is 8.76. The van der Waals surface area contributed by atoms with E-state index in [2.05, 4.69) is 10.4 Å². The molecule has 0 radical (unpaired) electrons. The summed E-state index contributed by atoms with van der Waals surface area (Å²) < 4.78 is 1.66. The van der Waals surface area contributed by atoms with Crippen molar-refractivity contribution < 1.29 is 9.59 Å². The zero-order valence-corrected chi connectivity index (χ0v) is 16.1. The molecule has 1 aliphatic heterocycles. The van der Waals surface area contributed by atoms with E-state index in [0.29, 0.717) is 28.7 Å². The quantitative estimate of drug-likeness (QED) is 0.878. The molecular weight excluding hydrogens is 328 g/mol. The molecule has 1 N–H and O–H groups in total. The summed E-state index contributed by atoms with van der Waals surface area (Å²) in [5.41, 5.74) is 2.04. The zero-order chi connectivity index (χ0) is 18.5. The van der Waals surface area contributed by atoms with Crippen LogP contribution in [0.4, 0.5) is 0 Å². The molecule has 1 spiro atoms. The van der Waals surface area contributed by atoms with Gasteiger partial charge in [0.25, 0.3) is 5.91 Å². The maximum atomic E-state index is 12.6. The Morgan fingerprint density at radius 1 is 1.38 bits per heavy atom. The number of likely N-dealkylation sites (tertiary alicyclic amines) is 1. The van der Waals surface area contributed by atoms with Crippen molar-refractivity contribution >= 4 is 11.8 Å². The smallest absolute Gasteiger partial charge is 0.254 e.